The van der Waals surface area contributed by atoms with Crippen molar-refractivity contribution in [2.75, 3.05) is 5.73 Å². The van der Waals surface area contributed by atoms with Crippen molar-refractivity contribution in [3.8, 4) is 17.0 Å². The Morgan fingerprint density at radius 3 is 2.30 bits per heavy atom. The molecule has 0 saturated heterocycles. The highest BCUT2D eigenvalue weighted by molar-refractivity contribution is 6.12. The fourth-order valence-corrected chi connectivity index (χ4v) is 3.18. The number of hydrogen-bond acceptors (Lipinski definition) is 5. The molecule has 0 fully saturated rings. The second-order valence-electron chi connectivity index (χ2n) is 6.38. The van der Waals surface area contributed by atoms with E-state index in [2.05, 4.69) is 14.9 Å². The number of hydrogen-bond donors (Lipinski definition) is 2. The smallest absolute Gasteiger partial charge is 0.410 e. The molecule has 3 N–H and O–H groups in total. The number of ether oxygens (including phenoxy) is 1. The van der Waals surface area contributed by atoms with E-state index in [0.717, 1.165) is 0 Å². The van der Waals surface area contributed by atoms with E-state index in [9.17, 15) is 18.4 Å². The van der Waals surface area contributed by atoms with Gasteiger partial charge in [-0.05, 0) is 36.4 Å². The summed E-state index contributed by atoms with van der Waals surface area (Å²) in [6.45, 7) is 0. The molecule has 0 amide bonds. The second-order valence-corrected chi connectivity index (χ2v) is 6.38. The summed E-state index contributed by atoms with van der Waals surface area (Å²) in [6, 6.07) is 17.9. The Labute approximate surface area is 168 Å². The summed E-state index contributed by atoms with van der Waals surface area (Å²) < 4.78 is 42.8. The molecule has 2 aromatic heterocycles. The number of benzene rings is 2. The first-order valence-electron chi connectivity index (χ1n) is 8.77. The third-order valence-corrected chi connectivity index (χ3v) is 4.43. The van der Waals surface area contributed by atoms with E-state index in [0.29, 0.717) is 33.7 Å². The van der Waals surface area contributed by atoms with Crippen LogP contribution in [0.5, 0.6) is 5.75 Å². The Bertz CT molecular complexity index is 1220. The fourth-order valence-electron chi connectivity index (χ4n) is 3.18. The monoisotopic (exact) mass is 412 g/mol. The van der Waals surface area contributed by atoms with Gasteiger partial charge in [-0.3, -0.25) is 4.40 Å². The predicted octanol–water partition coefficient (Wildman–Crippen LogP) is 4.71. The average molecular weight is 412 g/mol. The molecule has 2 aromatic carbocycles. The number of anilines is 1. The van der Waals surface area contributed by atoms with Gasteiger partial charge in [-0.25, -0.2) is 4.98 Å². The number of nitrogens with zero attached hydrogens (tertiary/aromatic N) is 3. The van der Waals surface area contributed by atoms with Crippen LogP contribution in [-0.4, -0.2) is 26.7 Å². The number of imidazole rings is 1. The van der Waals surface area contributed by atoms with Crippen molar-refractivity contribution in [3.05, 3.63) is 84.1 Å². The van der Waals surface area contributed by atoms with Gasteiger partial charge in [-0.2, -0.15) is 0 Å². The van der Waals surface area contributed by atoms with Crippen molar-refractivity contribution in [1.29, 1.82) is 0 Å². The van der Waals surface area contributed by atoms with Crippen LogP contribution in [0.3, 0.4) is 0 Å². The molecular weight excluding hydrogens is 397 g/mol. The van der Waals surface area contributed by atoms with Crippen LogP contribution in [0.15, 0.2) is 78.1 Å². The van der Waals surface area contributed by atoms with Crippen LogP contribution >= 0.6 is 0 Å². The average Bonchev–Trinajstić information content (AvgIpc) is 3.04. The quantitative estimate of drug-likeness (QED) is 0.289. The SMILES string of the molecule is Nc1nc2ccc(C(=NO)c3ccccc3)cn2c1-c1ccc(OC(F)(F)F)cc1. The van der Waals surface area contributed by atoms with Crippen molar-refractivity contribution in [2.45, 2.75) is 6.36 Å². The summed E-state index contributed by atoms with van der Waals surface area (Å²) in [6.07, 6.45) is -3.06. The lowest BCUT2D eigenvalue weighted by Gasteiger charge is -2.10. The molecule has 2 heterocycles. The number of nitrogen functional groups attached to an aromatic ring is 1. The minimum absolute atomic E-state index is 0.207. The molecule has 0 aliphatic rings. The van der Waals surface area contributed by atoms with Gasteiger partial charge >= 0.3 is 6.36 Å². The van der Waals surface area contributed by atoms with Crippen molar-refractivity contribution in [3.63, 3.8) is 0 Å². The lowest BCUT2D eigenvalue weighted by Crippen LogP contribution is -2.16. The minimum Gasteiger partial charge on any atom is -0.410 e. The van der Waals surface area contributed by atoms with Crippen LogP contribution < -0.4 is 10.5 Å². The maximum Gasteiger partial charge on any atom is 0.573 e. The summed E-state index contributed by atoms with van der Waals surface area (Å²) in [5.41, 5.74) is 9.32. The van der Waals surface area contributed by atoms with E-state index in [-0.39, 0.29) is 11.6 Å². The summed E-state index contributed by atoms with van der Waals surface area (Å²) in [7, 11) is 0. The molecule has 0 radical (unpaired) electrons. The highest BCUT2D eigenvalue weighted by atomic mass is 19.4. The van der Waals surface area contributed by atoms with Crippen LogP contribution in [0.2, 0.25) is 0 Å². The molecule has 30 heavy (non-hydrogen) atoms. The first-order chi connectivity index (χ1) is 14.4. The first kappa shape index (κ1) is 19.3. The Balaban J connectivity index is 1.78. The van der Waals surface area contributed by atoms with Crippen molar-refractivity contribution < 1.29 is 23.1 Å². The maximum atomic E-state index is 12.4. The normalized spacial score (nSPS) is 12.3. The van der Waals surface area contributed by atoms with Gasteiger partial charge in [-0.15, -0.1) is 13.2 Å². The van der Waals surface area contributed by atoms with Crippen molar-refractivity contribution >= 4 is 17.2 Å². The van der Waals surface area contributed by atoms with E-state index in [1.54, 1.807) is 22.7 Å². The number of aromatic nitrogens is 2. The molecule has 0 aliphatic carbocycles. The molecule has 4 rings (SSSR count). The minimum atomic E-state index is -4.77. The fraction of sp³-hybridized carbons (Fsp3) is 0.0476. The zero-order valence-electron chi connectivity index (χ0n) is 15.3. The molecule has 0 spiro atoms. The topological polar surface area (TPSA) is 85.1 Å². The standard InChI is InChI=1S/C21H15F3N4O2/c22-21(23,24)30-16-9-6-14(7-10-16)19-20(25)26-17-11-8-15(12-28(17)19)18(27-29)13-4-2-1-3-5-13/h1-12,29H,25H2. The Hall–Kier alpha value is -4.01. The number of fused-ring (bicyclic) bond motifs is 1. The second kappa shape index (κ2) is 7.43. The lowest BCUT2D eigenvalue weighted by atomic mass is 10.0. The number of alkyl halides is 3. The molecule has 0 bridgehead atoms. The van der Waals surface area contributed by atoms with Gasteiger partial charge in [0.15, 0.2) is 5.82 Å². The largest absolute Gasteiger partial charge is 0.573 e. The summed E-state index contributed by atoms with van der Waals surface area (Å²) in [5, 5.41) is 13.0. The van der Waals surface area contributed by atoms with Crippen LogP contribution in [0.1, 0.15) is 11.1 Å². The third-order valence-electron chi connectivity index (χ3n) is 4.43. The molecule has 4 aromatic rings. The third kappa shape index (κ3) is 3.77. The number of pyridine rings is 1. The van der Waals surface area contributed by atoms with Gasteiger partial charge < -0.3 is 15.7 Å². The number of oxime groups is 1. The molecule has 0 atom stereocenters. The van der Waals surface area contributed by atoms with Gasteiger partial charge in [0.05, 0.1) is 5.69 Å². The number of halogens is 3. The van der Waals surface area contributed by atoms with Crippen LogP contribution in [-0.2, 0) is 0 Å². The Morgan fingerprint density at radius 2 is 1.67 bits per heavy atom. The molecule has 0 saturated carbocycles. The molecular formula is C21H15F3N4O2. The van der Waals surface area contributed by atoms with E-state index in [4.69, 9.17) is 5.73 Å². The number of nitrogens with two attached hydrogens (primary N) is 1. The predicted molar refractivity (Wildman–Crippen MR) is 106 cm³/mol. The van der Waals surface area contributed by atoms with E-state index in [1.807, 2.05) is 30.3 Å². The van der Waals surface area contributed by atoms with Gasteiger partial charge in [0.2, 0.25) is 0 Å². The first-order valence-corrected chi connectivity index (χ1v) is 8.77. The van der Waals surface area contributed by atoms with Gasteiger partial charge in [0.25, 0.3) is 0 Å². The van der Waals surface area contributed by atoms with Gasteiger partial charge in [-0.1, -0.05) is 35.5 Å². The Kier molecular flexibility index (Phi) is 4.78. The maximum absolute atomic E-state index is 12.4. The summed E-state index contributed by atoms with van der Waals surface area (Å²) in [5.74, 6) is -0.128. The summed E-state index contributed by atoms with van der Waals surface area (Å²) in [4.78, 5) is 4.30. The van der Waals surface area contributed by atoms with Gasteiger partial charge in [0.1, 0.15) is 17.1 Å². The molecule has 0 unspecified atom stereocenters. The zero-order valence-corrected chi connectivity index (χ0v) is 15.3. The van der Waals surface area contributed by atoms with Crippen LogP contribution in [0.4, 0.5) is 19.0 Å². The molecule has 0 aliphatic heterocycles. The van der Waals surface area contributed by atoms with E-state index < -0.39 is 6.36 Å². The highest BCUT2D eigenvalue weighted by Crippen LogP contribution is 2.30. The molecule has 152 valence electrons. The lowest BCUT2D eigenvalue weighted by molar-refractivity contribution is -0.274. The number of rotatable bonds is 4. The Morgan fingerprint density at radius 1 is 0.967 bits per heavy atom. The van der Waals surface area contributed by atoms with Crippen LogP contribution in [0.25, 0.3) is 16.9 Å². The molecule has 9 heteroatoms. The van der Waals surface area contributed by atoms with E-state index >= 15 is 0 Å². The highest BCUT2D eigenvalue weighted by Gasteiger charge is 2.31. The van der Waals surface area contributed by atoms with Crippen molar-refractivity contribution in [1.82, 2.24) is 9.38 Å². The van der Waals surface area contributed by atoms with Crippen LogP contribution in [0, 0.1) is 0 Å². The van der Waals surface area contributed by atoms with Gasteiger partial charge in [0, 0.05) is 22.9 Å². The molecule has 6 nitrogen and oxygen atoms in total. The summed E-state index contributed by atoms with van der Waals surface area (Å²) >= 11 is 0. The van der Waals surface area contributed by atoms with E-state index in [1.165, 1.54) is 24.3 Å². The zero-order chi connectivity index (χ0) is 21.3. The van der Waals surface area contributed by atoms with Crippen molar-refractivity contribution in [2.24, 2.45) is 5.16 Å².